The number of aromatic nitrogens is 3. The summed E-state index contributed by atoms with van der Waals surface area (Å²) in [7, 11) is 0. The Morgan fingerprint density at radius 3 is 2.75 bits per heavy atom. The molecule has 24 heavy (non-hydrogen) atoms. The molecule has 0 saturated carbocycles. The van der Waals surface area contributed by atoms with Gasteiger partial charge in [-0.2, -0.15) is 10.2 Å². The Morgan fingerprint density at radius 2 is 2.04 bits per heavy atom. The Morgan fingerprint density at radius 1 is 1.29 bits per heavy atom. The summed E-state index contributed by atoms with van der Waals surface area (Å²) in [6, 6.07) is 9.73. The van der Waals surface area contributed by atoms with E-state index in [0.29, 0.717) is 5.69 Å². The minimum Gasteiger partial charge on any atom is -0.358 e. The van der Waals surface area contributed by atoms with Crippen LogP contribution in [-0.4, -0.2) is 27.3 Å². The monoisotopic (exact) mass is 323 g/mol. The van der Waals surface area contributed by atoms with Gasteiger partial charge in [0.2, 0.25) is 0 Å². The van der Waals surface area contributed by atoms with E-state index in [1.54, 1.807) is 12.3 Å². The second-order valence-corrected chi connectivity index (χ2v) is 6.83. The molecule has 0 radical (unpaired) electrons. The molecule has 0 aliphatic heterocycles. The molecule has 0 saturated heterocycles. The Balaban J connectivity index is 1.75. The summed E-state index contributed by atoms with van der Waals surface area (Å²) in [5.41, 5.74) is 6.69. The maximum atomic E-state index is 12.1. The number of nitrogens with one attached hydrogen (secondary N) is 3. The van der Waals surface area contributed by atoms with E-state index in [-0.39, 0.29) is 11.3 Å². The van der Waals surface area contributed by atoms with E-state index in [1.165, 1.54) is 0 Å². The molecule has 2 heterocycles. The largest absolute Gasteiger partial charge is 0.358 e. The number of hydrogen-bond donors (Lipinski definition) is 3. The first kappa shape index (κ1) is 16.0. The van der Waals surface area contributed by atoms with Crippen LogP contribution in [0.2, 0.25) is 0 Å². The van der Waals surface area contributed by atoms with E-state index < -0.39 is 0 Å². The number of aromatic amines is 2. The molecule has 124 valence electrons. The first-order valence-electron chi connectivity index (χ1n) is 7.83. The van der Waals surface area contributed by atoms with Gasteiger partial charge in [-0.25, -0.2) is 5.43 Å². The number of aryl methyl sites for hydroxylation is 1. The average molecular weight is 323 g/mol. The van der Waals surface area contributed by atoms with Crippen LogP contribution in [0.3, 0.4) is 0 Å². The normalized spacial score (nSPS) is 12.2. The molecule has 0 aliphatic carbocycles. The summed E-state index contributed by atoms with van der Waals surface area (Å²) in [4.78, 5) is 15.4. The third kappa shape index (κ3) is 3.08. The number of fused-ring (bicyclic) bond motifs is 1. The summed E-state index contributed by atoms with van der Waals surface area (Å²) in [6.45, 7) is 8.15. The average Bonchev–Trinajstić information content (AvgIpc) is 3.12. The van der Waals surface area contributed by atoms with Gasteiger partial charge >= 0.3 is 0 Å². The number of amides is 1. The van der Waals surface area contributed by atoms with E-state index in [9.17, 15) is 4.79 Å². The van der Waals surface area contributed by atoms with Crippen LogP contribution in [0.4, 0.5) is 0 Å². The summed E-state index contributed by atoms with van der Waals surface area (Å²) in [5.74, 6) is -0.338. The van der Waals surface area contributed by atoms with Gasteiger partial charge in [0, 0.05) is 33.3 Å². The van der Waals surface area contributed by atoms with Crippen LogP contribution in [0, 0.1) is 6.92 Å². The number of para-hydroxylation sites is 1. The van der Waals surface area contributed by atoms with Crippen LogP contribution in [-0.2, 0) is 5.41 Å². The third-order valence-electron chi connectivity index (χ3n) is 3.92. The molecule has 0 spiro atoms. The van der Waals surface area contributed by atoms with Gasteiger partial charge < -0.3 is 4.98 Å². The van der Waals surface area contributed by atoms with Crippen LogP contribution < -0.4 is 5.43 Å². The summed E-state index contributed by atoms with van der Waals surface area (Å²) < 4.78 is 0. The van der Waals surface area contributed by atoms with Gasteiger partial charge in [-0.3, -0.25) is 9.89 Å². The number of H-pyrrole nitrogens is 2. The van der Waals surface area contributed by atoms with Crippen LogP contribution >= 0.6 is 0 Å². The second-order valence-electron chi connectivity index (χ2n) is 6.83. The van der Waals surface area contributed by atoms with Gasteiger partial charge in [0.25, 0.3) is 5.91 Å². The molecule has 0 atom stereocenters. The fraction of sp³-hybridized carbons (Fsp3) is 0.278. The van der Waals surface area contributed by atoms with Gasteiger partial charge in [-0.1, -0.05) is 39.0 Å². The van der Waals surface area contributed by atoms with Crippen molar-refractivity contribution in [3.8, 4) is 0 Å². The molecule has 3 rings (SSSR count). The predicted molar refractivity (Wildman–Crippen MR) is 95.4 cm³/mol. The van der Waals surface area contributed by atoms with Crippen LogP contribution in [0.15, 0.2) is 35.4 Å². The van der Waals surface area contributed by atoms with E-state index >= 15 is 0 Å². The van der Waals surface area contributed by atoms with Crippen molar-refractivity contribution >= 4 is 23.0 Å². The highest BCUT2D eigenvalue weighted by Gasteiger charge is 2.19. The fourth-order valence-electron chi connectivity index (χ4n) is 2.50. The Hall–Kier alpha value is -2.89. The van der Waals surface area contributed by atoms with Gasteiger partial charge in [-0.05, 0) is 19.1 Å². The van der Waals surface area contributed by atoms with Gasteiger partial charge in [0.05, 0.1) is 6.21 Å². The van der Waals surface area contributed by atoms with E-state index in [2.05, 4.69) is 46.5 Å². The molecule has 0 fully saturated rings. The maximum absolute atomic E-state index is 12.1. The van der Waals surface area contributed by atoms with Crippen molar-refractivity contribution < 1.29 is 4.79 Å². The lowest BCUT2D eigenvalue weighted by atomic mass is 9.92. The fourth-order valence-corrected chi connectivity index (χ4v) is 2.50. The van der Waals surface area contributed by atoms with E-state index in [1.807, 2.05) is 31.2 Å². The zero-order valence-electron chi connectivity index (χ0n) is 14.3. The Labute approximate surface area is 140 Å². The molecule has 1 amide bonds. The van der Waals surface area contributed by atoms with Gasteiger partial charge in [0.15, 0.2) is 5.69 Å². The van der Waals surface area contributed by atoms with Crippen molar-refractivity contribution in [2.75, 3.05) is 0 Å². The molecular formula is C18H21N5O. The molecule has 6 nitrogen and oxygen atoms in total. The molecule has 6 heteroatoms. The first-order valence-corrected chi connectivity index (χ1v) is 7.83. The lowest BCUT2D eigenvalue weighted by Crippen LogP contribution is -2.18. The quantitative estimate of drug-likeness (QED) is 0.510. The lowest BCUT2D eigenvalue weighted by Gasteiger charge is -2.14. The molecule has 0 bridgehead atoms. The molecule has 0 aliphatic rings. The molecule has 2 aromatic heterocycles. The zero-order valence-corrected chi connectivity index (χ0v) is 14.3. The van der Waals surface area contributed by atoms with Crippen molar-refractivity contribution in [3.05, 3.63) is 53.0 Å². The van der Waals surface area contributed by atoms with Crippen LogP contribution in [0.1, 0.15) is 48.2 Å². The van der Waals surface area contributed by atoms with Gasteiger partial charge in [-0.15, -0.1) is 0 Å². The number of carbonyl (C=O) groups is 1. The highest BCUT2D eigenvalue weighted by Crippen LogP contribution is 2.21. The molecule has 3 N–H and O–H groups in total. The third-order valence-corrected chi connectivity index (χ3v) is 3.92. The van der Waals surface area contributed by atoms with E-state index in [4.69, 9.17) is 0 Å². The summed E-state index contributed by atoms with van der Waals surface area (Å²) in [5, 5.41) is 12.1. The zero-order chi connectivity index (χ0) is 17.3. The lowest BCUT2D eigenvalue weighted by molar-refractivity contribution is 0.0950. The predicted octanol–water partition coefficient (Wildman–Crippen LogP) is 3.26. The molecule has 3 aromatic rings. The minimum absolute atomic E-state index is 0.0874. The van der Waals surface area contributed by atoms with E-state index in [0.717, 1.165) is 27.9 Å². The van der Waals surface area contributed by atoms with Crippen LogP contribution in [0.5, 0.6) is 0 Å². The van der Waals surface area contributed by atoms with Crippen molar-refractivity contribution in [1.82, 2.24) is 20.6 Å². The molecular weight excluding hydrogens is 302 g/mol. The second kappa shape index (κ2) is 5.96. The number of nitrogens with zero attached hydrogens (tertiary/aromatic N) is 2. The van der Waals surface area contributed by atoms with Crippen molar-refractivity contribution in [2.45, 2.75) is 33.1 Å². The number of hydrazone groups is 1. The number of hydrogen-bond acceptors (Lipinski definition) is 3. The van der Waals surface area contributed by atoms with Crippen LogP contribution in [0.25, 0.3) is 10.9 Å². The van der Waals surface area contributed by atoms with Crippen molar-refractivity contribution in [1.29, 1.82) is 0 Å². The smallest absolute Gasteiger partial charge is 0.291 e. The summed E-state index contributed by atoms with van der Waals surface area (Å²) in [6.07, 6.45) is 1.66. The SMILES string of the molecule is Cc1[nH]c2ccccc2c1/C=N\NC(=O)c1cc(C(C)(C)C)[nH]n1. The number of rotatable bonds is 3. The number of carbonyl (C=O) groups excluding carboxylic acids is 1. The maximum Gasteiger partial charge on any atom is 0.291 e. The Bertz CT molecular complexity index is 911. The van der Waals surface area contributed by atoms with Crippen molar-refractivity contribution in [2.24, 2.45) is 5.10 Å². The molecule has 1 aromatic carbocycles. The highest BCUT2D eigenvalue weighted by atomic mass is 16.2. The molecule has 0 unspecified atom stereocenters. The van der Waals surface area contributed by atoms with Gasteiger partial charge in [0.1, 0.15) is 0 Å². The minimum atomic E-state index is -0.338. The topological polar surface area (TPSA) is 85.9 Å². The first-order chi connectivity index (χ1) is 11.4. The number of benzene rings is 1. The summed E-state index contributed by atoms with van der Waals surface area (Å²) >= 11 is 0. The van der Waals surface area contributed by atoms with Crippen molar-refractivity contribution in [3.63, 3.8) is 0 Å². The standard InChI is InChI=1S/C18H21N5O/c1-11-13(12-7-5-6-8-14(12)20-11)10-19-23-17(24)15-9-16(22-21-15)18(2,3)4/h5-10,20H,1-4H3,(H,21,22)(H,23,24)/b19-10-. The Kier molecular flexibility index (Phi) is 3.97. The highest BCUT2D eigenvalue weighted by molar-refractivity contribution is 6.01.